The lowest BCUT2D eigenvalue weighted by molar-refractivity contribution is -0.121. The van der Waals surface area contributed by atoms with Gasteiger partial charge in [-0.2, -0.15) is 0 Å². The lowest BCUT2D eigenvalue weighted by atomic mass is 9.94. The molecular weight excluding hydrogens is 385 g/mol. The van der Waals surface area contributed by atoms with Crippen LogP contribution in [0.2, 0.25) is 0 Å². The summed E-state index contributed by atoms with van der Waals surface area (Å²) < 4.78 is 5.66. The van der Waals surface area contributed by atoms with E-state index in [1.54, 1.807) is 0 Å². The molecule has 0 fully saturated rings. The van der Waals surface area contributed by atoms with Gasteiger partial charge in [-0.05, 0) is 36.2 Å². The molecule has 2 aromatic carbocycles. The second kappa shape index (κ2) is 9.74. The van der Waals surface area contributed by atoms with Gasteiger partial charge in [-0.3, -0.25) is 4.79 Å². The van der Waals surface area contributed by atoms with Gasteiger partial charge in [-0.1, -0.05) is 36.4 Å². The number of nitrogens with one attached hydrogen (secondary N) is 2. The van der Waals surface area contributed by atoms with E-state index in [1.807, 2.05) is 30.3 Å². The van der Waals surface area contributed by atoms with Crippen molar-refractivity contribution in [3.8, 4) is 0 Å². The number of aromatic nitrogens is 1. The smallest absolute Gasteiger partial charge is 0.220 e. The molecule has 4 rings (SSSR count). The Kier molecular flexibility index (Phi) is 7.66. The summed E-state index contributed by atoms with van der Waals surface area (Å²) in [4.78, 5) is 16.6. The average molecular weight is 408 g/mol. The van der Waals surface area contributed by atoms with Crippen molar-refractivity contribution in [3.63, 3.8) is 0 Å². The quantitative estimate of drug-likeness (QED) is 0.677. The molecule has 0 saturated carbocycles. The van der Waals surface area contributed by atoms with Crippen molar-refractivity contribution in [3.05, 3.63) is 65.5 Å². The van der Waals surface area contributed by atoms with Gasteiger partial charge in [0.05, 0.1) is 0 Å². The first-order chi connectivity index (χ1) is 12.3. The molecule has 1 aliphatic heterocycles. The van der Waals surface area contributed by atoms with Crippen molar-refractivity contribution in [1.82, 2.24) is 15.6 Å². The molecule has 144 valence electrons. The standard InChI is InChI=1S/C20H21N3O2.2ClH/c24-19(9-10-20-23-16-7-3-4-8-18(16)25-20)22-13-17-15-6-2-1-5-14(15)11-12-21-17;;/h1-8,17,21H,9-13H2,(H,22,24);2*1H. The van der Waals surface area contributed by atoms with Crippen LogP contribution in [0.15, 0.2) is 52.9 Å². The highest BCUT2D eigenvalue weighted by Crippen LogP contribution is 2.22. The third kappa shape index (κ3) is 5.01. The number of fused-ring (bicyclic) bond motifs is 2. The Hall–Kier alpha value is -2.08. The molecule has 1 aliphatic rings. The molecule has 27 heavy (non-hydrogen) atoms. The van der Waals surface area contributed by atoms with Crippen LogP contribution in [0, 0.1) is 0 Å². The first kappa shape index (κ1) is 21.2. The fourth-order valence-corrected chi connectivity index (χ4v) is 3.33. The molecule has 2 heterocycles. The minimum atomic E-state index is 0. The van der Waals surface area contributed by atoms with Gasteiger partial charge in [0.25, 0.3) is 0 Å². The Morgan fingerprint density at radius 3 is 2.78 bits per heavy atom. The molecule has 3 aromatic rings. The van der Waals surface area contributed by atoms with E-state index in [0.717, 1.165) is 24.1 Å². The van der Waals surface area contributed by atoms with Crippen LogP contribution < -0.4 is 10.6 Å². The number of para-hydroxylation sites is 2. The number of amides is 1. The van der Waals surface area contributed by atoms with Gasteiger partial charge in [-0.15, -0.1) is 24.8 Å². The van der Waals surface area contributed by atoms with Gasteiger partial charge in [0.15, 0.2) is 11.5 Å². The van der Waals surface area contributed by atoms with Gasteiger partial charge < -0.3 is 15.1 Å². The van der Waals surface area contributed by atoms with Gasteiger partial charge in [-0.25, -0.2) is 4.98 Å². The molecule has 1 aromatic heterocycles. The van der Waals surface area contributed by atoms with E-state index in [2.05, 4.69) is 33.8 Å². The zero-order chi connectivity index (χ0) is 17.1. The topological polar surface area (TPSA) is 67.2 Å². The van der Waals surface area contributed by atoms with Crippen LogP contribution in [0.1, 0.15) is 29.5 Å². The van der Waals surface area contributed by atoms with Crippen LogP contribution in [-0.2, 0) is 17.6 Å². The van der Waals surface area contributed by atoms with E-state index in [0.29, 0.717) is 25.3 Å². The zero-order valence-corrected chi connectivity index (χ0v) is 16.4. The Balaban J connectivity index is 0.00000131. The first-order valence-electron chi connectivity index (χ1n) is 8.72. The Labute approximate surface area is 170 Å². The van der Waals surface area contributed by atoms with Gasteiger partial charge in [0.2, 0.25) is 5.91 Å². The molecule has 0 bridgehead atoms. The summed E-state index contributed by atoms with van der Waals surface area (Å²) in [6.07, 6.45) is 1.93. The summed E-state index contributed by atoms with van der Waals surface area (Å²) in [5.41, 5.74) is 4.25. The van der Waals surface area contributed by atoms with Crippen molar-refractivity contribution in [2.45, 2.75) is 25.3 Å². The van der Waals surface area contributed by atoms with E-state index in [9.17, 15) is 4.79 Å². The number of halogens is 2. The Morgan fingerprint density at radius 2 is 1.93 bits per heavy atom. The van der Waals surface area contributed by atoms with Gasteiger partial charge in [0.1, 0.15) is 5.52 Å². The molecule has 0 saturated heterocycles. The van der Waals surface area contributed by atoms with Gasteiger partial charge in [0, 0.05) is 25.4 Å². The monoisotopic (exact) mass is 407 g/mol. The van der Waals surface area contributed by atoms with Crippen LogP contribution in [-0.4, -0.2) is 24.0 Å². The number of aryl methyl sites for hydroxylation is 1. The summed E-state index contributed by atoms with van der Waals surface area (Å²) in [5.74, 6) is 0.629. The number of hydrogen-bond donors (Lipinski definition) is 2. The molecule has 2 N–H and O–H groups in total. The lowest BCUT2D eigenvalue weighted by Gasteiger charge is -2.27. The largest absolute Gasteiger partial charge is 0.441 e. The fourth-order valence-electron chi connectivity index (χ4n) is 3.33. The number of benzene rings is 2. The van der Waals surface area contributed by atoms with E-state index >= 15 is 0 Å². The highest BCUT2D eigenvalue weighted by molar-refractivity contribution is 5.85. The van der Waals surface area contributed by atoms with Crippen LogP contribution in [0.25, 0.3) is 11.1 Å². The number of hydrogen-bond acceptors (Lipinski definition) is 4. The molecule has 0 spiro atoms. The van der Waals surface area contributed by atoms with E-state index in [-0.39, 0.29) is 36.8 Å². The van der Waals surface area contributed by atoms with Crippen molar-refractivity contribution in [1.29, 1.82) is 0 Å². The maximum atomic E-state index is 12.2. The normalized spacial score (nSPS) is 15.3. The molecule has 1 amide bonds. The average Bonchev–Trinajstić information content (AvgIpc) is 3.07. The first-order valence-corrected chi connectivity index (χ1v) is 8.72. The maximum absolute atomic E-state index is 12.2. The summed E-state index contributed by atoms with van der Waals surface area (Å²) in [5, 5.41) is 6.50. The summed E-state index contributed by atoms with van der Waals surface area (Å²) in [6.45, 7) is 1.55. The van der Waals surface area contributed by atoms with Crippen molar-refractivity contribution < 1.29 is 9.21 Å². The van der Waals surface area contributed by atoms with E-state index < -0.39 is 0 Å². The van der Waals surface area contributed by atoms with E-state index in [4.69, 9.17) is 4.42 Å². The highest BCUT2D eigenvalue weighted by atomic mass is 35.5. The van der Waals surface area contributed by atoms with Crippen molar-refractivity contribution in [2.24, 2.45) is 0 Å². The van der Waals surface area contributed by atoms with E-state index in [1.165, 1.54) is 11.1 Å². The molecule has 0 radical (unpaired) electrons. The molecule has 1 unspecified atom stereocenters. The fraction of sp³-hybridized carbons (Fsp3) is 0.300. The molecule has 7 heteroatoms. The van der Waals surface area contributed by atoms with Crippen molar-refractivity contribution >= 4 is 41.8 Å². The SMILES string of the molecule is Cl.Cl.O=C(CCc1nc2ccccc2o1)NCC1NCCc2ccccc21. The molecular formula is C20H23Cl2N3O2. The molecule has 0 aliphatic carbocycles. The predicted octanol–water partition coefficient (Wildman–Crippen LogP) is 3.61. The number of oxazole rings is 1. The van der Waals surface area contributed by atoms with Crippen LogP contribution in [0.3, 0.4) is 0 Å². The van der Waals surface area contributed by atoms with Gasteiger partial charge >= 0.3 is 0 Å². The lowest BCUT2D eigenvalue weighted by Crippen LogP contribution is -2.38. The number of nitrogens with zero attached hydrogens (tertiary/aromatic N) is 1. The minimum absolute atomic E-state index is 0. The molecule has 1 atom stereocenters. The second-order valence-electron chi connectivity index (χ2n) is 6.33. The van der Waals surface area contributed by atoms with Crippen molar-refractivity contribution in [2.75, 3.05) is 13.1 Å². The highest BCUT2D eigenvalue weighted by Gasteiger charge is 2.19. The number of carbonyl (C=O) groups excluding carboxylic acids is 1. The summed E-state index contributed by atoms with van der Waals surface area (Å²) in [6, 6.07) is 16.2. The third-order valence-electron chi connectivity index (χ3n) is 4.62. The summed E-state index contributed by atoms with van der Waals surface area (Å²) in [7, 11) is 0. The zero-order valence-electron chi connectivity index (χ0n) is 14.8. The summed E-state index contributed by atoms with van der Waals surface area (Å²) >= 11 is 0. The Morgan fingerprint density at radius 1 is 1.15 bits per heavy atom. The van der Waals surface area contributed by atoms with Crippen LogP contribution >= 0.6 is 24.8 Å². The van der Waals surface area contributed by atoms with Crippen LogP contribution in [0.5, 0.6) is 0 Å². The minimum Gasteiger partial charge on any atom is -0.441 e. The number of rotatable bonds is 5. The third-order valence-corrected chi connectivity index (χ3v) is 4.62. The second-order valence-corrected chi connectivity index (χ2v) is 6.33. The van der Waals surface area contributed by atoms with Crippen LogP contribution in [0.4, 0.5) is 0 Å². The predicted molar refractivity (Wildman–Crippen MR) is 111 cm³/mol. The maximum Gasteiger partial charge on any atom is 0.220 e. The Bertz CT molecular complexity index is 865. The number of carbonyl (C=O) groups is 1. The molecule has 5 nitrogen and oxygen atoms in total.